The Morgan fingerprint density at radius 2 is 1.04 bits per heavy atom. The summed E-state index contributed by atoms with van der Waals surface area (Å²) in [5, 5.41) is 0. The molecule has 1 aliphatic rings. The van der Waals surface area contributed by atoms with E-state index in [-0.39, 0.29) is 11.5 Å². The van der Waals surface area contributed by atoms with E-state index < -0.39 is 0 Å². The highest BCUT2D eigenvalue weighted by Gasteiger charge is 2.30. The molecule has 0 unspecified atom stereocenters. The zero-order valence-corrected chi connectivity index (χ0v) is 15.1. The first-order chi connectivity index (χ1) is 12.7. The van der Waals surface area contributed by atoms with Crippen LogP contribution in [0.25, 0.3) is 0 Å². The third kappa shape index (κ3) is 4.03. The molecule has 1 fully saturated rings. The Labute approximate surface area is 155 Å². The van der Waals surface area contributed by atoms with Crippen molar-refractivity contribution in [1.82, 2.24) is 0 Å². The van der Waals surface area contributed by atoms with Crippen LogP contribution >= 0.6 is 0 Å². The van der Waals surface area contributed by atoms with Gasteiger partial charge in [-0.05, 0) is 47.4 Å². The van der Waals surface area contributed by atoms with Crippen molar-refractivity contribution >= 4 is 0 Å². The van der Waals surface area contributed by atoms with Crippen LogP contribution in [0.2, 0.25) is 0 Å². The van der Waals surface area contributed by atoms with Gasteiger partial charge in [0, 0.05) is 5.41 Å². The molecule has 0 heterocycles. The van der Waals surface area contributed by atoms with Gasteiger partial charge in [0.25, 0.3) is 0 Å². The highest BCUT2D eigenvalue weighted by Crippen LogP contribution is 2.38. The standard InChI is InChI=1S/C20H18.C4H7FO/c1-20(17-11-5-2-6-12-17,18-13-7-3-8-14-18)19-15-9-4-10-16-19;5-6-4-2-1-3-4/h2-16H,1H3;4H,1-3H2. The maximum Gasteiger partial charge on any atom is 0.0983 e. The van der Waals surface area contributed by atoms with Gasteiger partial charge in [-0.15, -0.1) is 0 Å². The van der Waals surface area contributed by atoms with Crippen LogP contribution in [-0.2, 0) is 10.4 Å². The van der Waals surface area contributed by atoms with Crippen LogP contribution in [0.1, 0.15) is 42.9 Å². The van der Waals surface area contributed by atoms with Crippen molar-refractivity contribution in [3.8, 4) is 0 Å². The highest BCUT2D eigenvalue weighted by molar-refractivity contribution is 5.49. The lowest BCUT2D eigenvalue weighted by atomic mass is 9.71. The quantitative estimate of drug-likeness (QED) is 0.490. The summed E-state index contributed by atoms with van der Waals surface area (Å²) in [6.45, 7) is 2.30. The lowest BCUT2D eigenvalue weighted by Gasteiger charge is -2.31. The zero-order valence-electron chi connectivity index (χ0n) is 15.1. The van der Waals surface area contributed by atoms with E-state index in [0.29, 0.717) is 0 Å². The molecular formula is C24H25FO. The predicted molar refractivity (Wildman–Crippen MR) is 105 cm³/mol. The fourth-order valence-corrected chi connectivity index (χ4v) is 3.27. The van der Waals surface area contributed by atoms with Crippen molar-refractivity contribution in [1.29, 1.82) is 0 Å². The molecule has 26 heavy (non-hydrogen) atoms. The molecule has 3 aromatic carbocycles. The summed E-state index contributed by atoms with van der Waals surface area (Å²) in [5.74, 6) is 0. The average molecular weight is 348 g/mol. The maximum absolute atomic E-state index is 10.9. The molecule has 0 bridgehead atoms. The van der Waals surface area contributed by atoms with Gasteiger partial charge in [-0.25, -0.2) is 0 Å². The fourth-order valence-electron chi connectivity index (χ4n) is 3.27. The van der Waals surface area contributed by atoms with Crippen LogP contribution in [0.15, 0.2) is 91.0 Å². The van der Waals surface area contributed by atoms with Crippen LogP contribution in [0.3, 0.4) is 0 Å². The van der Waals surface area contributed by atoms with E-state index in [1.165, 1.54) is 16.7 Å². The van der Waals surface area contributed by atoms with Crippen LogP contribution in [0.5, 0.6) is 0 Å². The minimum atomic E-state index is -0.121. The molecule has 4 rings (SSSR count). The van der Waals surface area contributed by atoms with Gasteiger partial charge in [-0.2, -0.15) is 4.94 Å². The Morgan fingerprint density at radius 3 is 1.23 bits per heavy atom. The van der Waals surface area contributed by atoms with E-state index in [1.54, 1.807) is 0 Å². The van der Waals surface area contributed by atoms with E-state index >= 15 is 0 Å². The number of benzene rings is 3. The summed E-state index contributed by atoms with van der Waals surface area (Å²) in [7, 11) is 0. The first kappa shape index (κ1) is 18.3. The van der Waals surface area contributed by atoms with Crippen LogP contribution in [0, 0.1) is 0 Å². The number of rotatable bonds is 4. The van der Waals surface area contributed by atoms with Gasteiger partial charge in [0.05, 0.1) is 6.10 Å². The Hall–Kier alpha value is -2.45. The van der Waals surface area contributed by atoms with E-state index in [0.717, 1.165) is 19.3 Å². The molecule has 0 atom stereocenters. The molecule has 0 aliphatic heterocycles. The van der Waals surface area contributed by atoms with Gasteiger partial charge in [0.15, 0.2) is 0 Å². The molecular weight excluding hydrogens is 323 g/mol. The Balaban J connectivity index is 0.000000278. The van der Waals surface area contributed by atoms with E-state index in [1.807, 2.05) is 0 Å². The van der Waals surface area contributed by atoms with Crippen LogP contribution in [0.4, 0.5) is 4.53 Å². The molecule has 3 aromatic rings. The van der Waals surface area contributed by atoms with Crippen molar-refractivity contribution in [3.63, 3.8) is 0 Å². The number of hydrogen-bond acceptors (Lipinski definition) is 1. The third-order valence-electron chi connectivity index (χ3n) is 5.23. The minimum absolute atomic E-state index is 0.0509. The molecule has 0 N–H and O–H groups in total. The van der Waals surface area contributed by atoms with Crippen LogP contribution in [-0.4, -0.2) is 6.10 Å². The monoisotopic (exact) mass is 348 g/mol. The molecule has 0 aromatic heterocycles. The summed E-state index contributed by atoms with van der Waals surface area (Å²) in [5.41, 5.74) is 3.83. The second kappa shape index (κ2) is 8.77. The summed E-state index contributed by atoms with van der Waals surface area (Å²) in [6.07, 6.45) is 2.91. The lowest BCUT2D eigenvalue weighted by molar-refractivity contribution is -0.201. The van der Waals surface area contributed by atoms with Crippen molar-refractivity contribution in [2.75, 3.05) is 0 Å². The normalized spacial score (nSPS) is 14.1. The molecule has 0 amide bonds. The second-order valence-electron chi connectivity index (χ2n) is 6.87. The first-order valence-corrected chi connectivity index (χ1v) is 9.19. The van der Waals surface area contributed by atoms with Gasteiger partial charge in [0.2, 0.25) is 0 Å². The minimum Gasteiger partial charge on any atom is -0.191 e. The van der Waals surface area contributed by atoms with Gasteiger partial charge < -0.3 is 0 Å². The smallest absolute Gasteiger partial charge is 0.0983 e. The van der Waals surface area contributed by atoms with Gasteiger partial charge in [-0.1, -0.05) is 91.0 Å². The zero-order chi connectivity index (χ0) is 18.2. The first-order valence-electron chi connectivity index (χ1n) is 9.19. The largest absolute Gasteiger partial charge is 0.191 e. The van der Waals surface area contributed by atoms with Crippen molar-refractivity contribution in [2.45, 2.75) is 37.7 Å². The summed E-state index contributed by atoms with van der Waals surface area (Å²) in [4.78, 5) is 3.49. The molecule has 0 spiro atoms. The van der Waals surface area contributed by atoms with Gasteiger partial charge >= 0.3 is 0 Å². The van der Waals surface area contributed by atoms with Crippen molar-refractivity contribution < 1.29 is 9.47 Å². The SMILES string of the molecule is CC(c1ccccc1)(c1ccccc1)c1ccccc1.FOC1CCC1. The molecule has 0 radical (unpaired) electrons. The summed E-state index contributed by atoms with van der Waals surface area (Å²) in [6, 6.07) is 32.1. The molecule has 1 saturated carbocycles. The number of halogens is 1. The van der Waals surface area contributed by atoms with Crippen LogP contribution < -0.4 is 0 Å². The Kier molecular flexibility index (Phi) is 6.19. The third-order valence-corrected chi connectivity index (χ3v) is 5.23. The van der Waals surface area contributed by atoms with Gasteiger partial charge in [0.1, 0.15) is 0 Å². The second-order valence-corrected chi connectivity index (χ2v) is 6.87. The van der Waals surface area contributed by atoms with Gasteiger partial charge in [-0.3, -0.25) is 0 Å². The topological polar surface area (TPSA) is 9.23 Å². The molecule has 134 valence electrons. The van der Waals surface area contributed by atoms with E-state index in [9.17, 15) is 4.53 Å². The van der Waals surface area contributed by atoms with Crippen molar-refractivity contribution in [2.24, 2.45) is 0 Å². The Bertz CT molecular complexity index is 668. The van der Waals surface area contributed by atoms with Crippen molar-refractivity contribution in [3.05, 3.63) is 108 Å². The predicted octanol–water partition coefficient (Wildman–Crippen LogP) is 6.48. The Morgan fingerprint density at radius 1 is 0.692 bits per heavy atom. The molecule has 1 nitrogen and oxygen atoms in total. The molecule has 0 saturated heterocycles. The van der Waals surface area contributed by atoms with E-state index in [4.69, 9.17) is 0 Å². The lowest BCUT2D eigenvalue weighted by Crippen LogP contribution is -2.25. The molecule has 1 aliphatic carbocycles. The summed E-state index contributed by atoms with van der Waals surface area (Å²) < 4.78 is 10.9. The number of hydrogen-bond donors (Lipinski definition) is 0. The average Bonchev–Trinajstić information content (AvgIpc) is 2.69. The fraction of sp³-hybridized carbons (Fsp3) is 0.250. The van der Waals surface area contributed by atoms with E-state index in [2.05, 4.69) is 103 Å². The highest BCUT2D eigenvalue weighted by atomic mass is 19.3. The molecule has 2 heteroatoms. The summed E-state index contributed by atoms with van der Waals surface area (Å²) >= 11 is 0. The maximum atomic E-state index is 10.9.